The van der Waals surface area contributed by atoms with Gasteiger partial charge >= 0.3 is 0 Å². The zero-order valence-electron chi connectivity index (χ0n) is 19.2. The van der Waals surface area contributed by atoms with Gasteiger partial charge in [-0.2, -0.15) is 4.98 Å². The van der Waals surface area contributed by atoms with Crippen molar-refractivity contribution in [3.63, 3.8) is 0 Å². The molecule has 0 bridgehead atoms. The number of hydrogen-bond acceptors (Lipinski definition) is 8. The van der Waals surface area contributed by atoms with E-state index in [0.717, 1.165) is 16.5 Å². The standard InChI is InChI=1S/C23H27N5O4S/c1-13-5-6-16(24-11-13)25-20(29)15-7-9-28(10-8-15)23(30)19-14(2)18-21(32-4)26-17(12-31-3)27-22(18)33-19/h5-6,11,15H,7-10,12H2,1-4H3,(H,24,25,29). The molecule has 1 fully saturated rings. The van der Waals surface area contributed by atoms with Gasteiger partial charge in [0.2, 0.25) is 11.8 Å². The molecule has 2 amide bonds. The smallest absolute Gasteiger partial charge is 0.264 e. The zero-order chi connectivity index (χ0) is 23.5. The van der Waals surface area contributed by atoms with Gasteiger partial charge in [-0.15, -0.1) is 11.3 Å². The summed E-state index contributed by atoms with van der Waals surface area (Å²) in [5.74, 6) is 1.25. The van der Waals surface area contributed by atoms with E-state index in [9.17, 15) is 9.59 Å². The summed E-state index contributed by atoms with van der Waals surface area (Å²) >= 11 is 1.34. The average molecular weight is 470 g/mol. The Balaban J connectivity index is 1.45. The van der Waals surface area contributed by atoms with Gasteiger partial charge in [-0.05, 0) is 43.9 Å². The molecule has 174 valence electrons. The monoisotopic (exact) mass is 469 g/mol. The van der Waals surface area contributed by atoms with Crippen molar-refractivity contribution in [3.8, 4) is 5.88 Å². The van der Waals surface area contributed by atoms with Crippen LogP contribution in [0.1, 0.15) is 39.5 Å². The first kappa shape index (κ1) is 23.1. The Morgan fingerprint density at radius 1 is 1.18 bits per heavy atom. The fourth-order valence-electron chi connectivity index (χ4n) is 3.95. The third-order valence-corrected chi connectivity index (χ3v) is 6.95. The highest BCUT2D eigenvalue weighted by Gasteiger charge is 2.30. The lowest BCUT2D eigenvalue weighted by molar-refractivity contribution is -0.121. The van der Waals surface area contributed by atoms with Crippen LogP contribution in [0.2, 0.25) is 0 Å². The minimum absolute atomic E-state index is 0.0510. The second kappa shape index (κ2) is 9.80. The number of thiophene rings is 1. The maximum atomic E-state index is 13.3. The Labute approximate surface area is 196 Å². The topological polar surface area (TPSA) is 107 Å². The zero-order valence-corrected chi connectivity index (χ0v) is 20.0. The number of anilines is 1. The van der Waals surface area contributed by atoms with Crippen LogP contribution < -0.4 is 10.1 Å². The number of amides is 2. The molecule has 10 heteroatoms. The van der Waals surface area contributed by atoms with E-state index in [1.807, 2.05) is 24.8 Å². The Kier molecular flexibility index (Phi) is 6.85. The van der Waals surface area contributed by atoms with Crippen LogP contribution in [0.3, 0.4) is 0 Å². The number of piperidine rings is 1. The molecule has 0 aliphatic carbocycles. The van der Waals surface area contributed by atoms with Gasteiger partial charge in [0.05, 0.1) is 17.4 Å². The number of pyridine rings is 1. The molecular weight excluding hydrogens is 442 g/mol. The lowest BCUT2D eigenvalue weighted by Crippen LogP contribution is -2.41. The molecule has 4 rings (SSSR count). The van der Waals surface area contributed by atoms with Crippen LogP contribution in [0.15, 0.2) is 18.3 Å². The van der Waals surface area contributed by atoms with Crippen LogP contribution in [-0.2, 0) is 16.1 Å². The number of likely N-dealkylation sites (tertiary alicyclic amines) is 1. The van der Waals surface area contributed by atoms with Gasteiger partial charge in [-0.3, -0.25) is 9.59 Å². The highest BCUT2D eigenvalue weighted by atomic mass is 32.1. The number of nitrogens with zero attached hydrogens (tertiary/aromatic N) is 4. The normalized spacial score (nSPS) is 14.5. The van der Waals surface area contributed by atoms with Crippen LogP contribution in [0.4, 0.5) is 5.82 Å². The first-order valence-electron chi connectivity index (χ1n) is 10.8. The number of carbonyl (C=O) groups excluding carboxylic acids is 2. The van der Waals surface area contributed by atoms with Crippen LogP contribution in [0.5, 0.6) is 5.88 Å². The second-order valence-electron chi connectivity index (χ2n) is 8.09. The molecule has 0 atom stereocenters. The summed E-state index contributed by atoms with van der Waals surface area (Å²) in [4.78, 5) is 42.2. The Morgan fingerprint density at radius 3 is 2.58 bits per heavy atom. The van der Waals surface area contributed by atoms with Gasteiger partial charge in [0.1, 0.15) is 17.3 Å². The highest BCUT2D eigenvalue weighted by molar-refractivity contribution is 7.20. The third-order valence-electron chi connectivity index (χ3n) is 5.78. The summed E-state index contributed by atoms with van der Waals surface area (Å²) in [5, 5.41) is 3.63. The molecule has 0 unspecified atom stereocenters. The van der Waals surface area contributed by atoms with Crippen LogP contribution in [-0.4, -0.2) is 59.0 Å². The number of aryl methyl sites for hydroxylation is 2. The summed E-state index contributed by atoms with van der Waals surface area (Å²) in [6.07, 6.45) is 2.94. The van der Waals surface area contributed by atoms with Crippen molar-refractivity contribution < 1.29 is 19.1 Å². The first-order chi connectivity index (χ1) is 15.9. The van der Waals surface area contributed by atoms with Crippen molar-refractivity contribution in [3.05, 3.63) is 40.2 Å². The van der Waals surface area contributed by atoms with Crippen molar-refractivity contribution >= 4 is 39.2 Å². The molecule has 1 aliphatic heterocycles. The third kappa shape index (κ3) is 4.81. The van der Waals surface area contributed by atoms with Crippen molar-refractivity contribution in [2.75, 3.05) is 32.6 Å². The molecule has 0 saturated carbocycles. The van der Waals surface area contributed by atoms with Crippen LogP contribution >= 0.6 is 11.3 Å². The summed E-state index contributed by atoms with van der Waals surface area (Å²) in [5.41, 5.74) is 1.85. The molecule has 1 saturated heterocycles. The molecule has 1 N–H and O–H groups in total. The number of rotatable bonds is 6. The number of nitrogens with one attached hydrogen (secondary N) is 1. The number of fused-ring (bicyclic) bond motifs is 1. The molecule has 0 spiro atoms. The summed E-state index contributed by atoms with van der Waals surface area (Å²) < 4.78 is 10.6. The van der Waals surface area contributed by atoms with E-state index in [-0.39, 0.29) is 24.3 Å². The molecule has 9 nitrogen and oxygen atoms in total. The van der Waals surface area contributed by atoms with E-state index in [4.69, 9.17) is 9.47 Å². The molecule has 0 aromatic carbocycles. The van der Waals surface area contributed by atoms with Gasteiger partial charge in [-0.1, -0.05) is 6.07 Å². The lowest BCUT2D eigenvalue weighted by atomic mass is 9.95. The molecule has 3 aromatic heterocycles. The van der Waals surface area contributed by atoms with Gasteiger partial charge in [-0.25, -0.2) is 9.97 Å². The van der Waals surface area contributed by atoms with Gasteiger partial charge in [0, 0.05) is 32.3 Å². The van der Waals surface area contributed by atoms with Crippen molar-refractivity contribution in [1.82, 2.24) is 19.9 Å². The van der Waals surface area contributed by atoms with E-state index in [1.165, 1.54) is 11.3 Å². The number of methoxy groups -OCH3 is 2. The van der Waals surface area contributed by atoms with E-state index in [2.05, 4.69) is 20.3 Å². The van der Waals surface area contributed by atoms with Crippen molar-refractivity contribution in [2.45, 2.75) is 33.3 Å². The minimum Gasteiger partial charge on any atom is -0.480 e. The molecule has 0 radical (unpaired) electrons. The second-order valence-corrected chi connectivity index (χ2v) is 9.09. The first-order valence-corrected chi connectivity index (χ1v) is 11.6. The van der Waals surface area contributed by atoms with Crippen molar-refractivity contribution in [1.29, 1.82) is 0 Å². The molecule has 4 heterocycles. The lowest BCUT2D eigenvalue weighted by Gasteiger charge is -2.31. The number of hydrogen-bond donors (Lipinski definition) is 1. The van der Waals surface area contributed by atoms with E-state index < -0.39 is 0 Å². The summed E-state index contributed by atoms with van der Waals surface area (Å²) in [7, 11) is 3.13. The molecule has 1 aliphatic rings. The van der Waals surface area contributed by atoms with Gasteiger partial charge in [0.15, 0.2) is 5.82 Å². The van der Waals surface area contributed by atoms with Gasteiger partial charge in [0.25, 0.3) is 5.91 Å². The van der Waals surface area contributed by atoms with Crippen LogP contribution in [0.25, 0.3) is 10.2 Å². The van der Waals surface area contributed by atoms with E-state index in [0.29, 0.717) is 53.2 Å². The van der Waals surface area contributed by atoms with E-state index in [1.54, 1.807) is 26.5 Å². The predicted molar refractivity (Wildman–Crippen MR) is 126 cm³/mol. The van der Waals surface area contributed by atoms with Gasteiger partial charge < -0.3 is 19.7 Å². The number of aromatic nitrogens is 3. The van der Waals surface area contributed by atoms with Crippen molar-refractivity contribution in [2.24, 2.45) is 5.92 Å². The molecule has 3 aromatic rings. The molecular formula is C23H27N5O4S. The minimum atomic E-state index is -0.150. The highest BCUT2D eigenvalue weighted by Crippen LogP contribution is 2.36. The predicted octanol–water partition coefficient (Wildman–Crippen LogP) is 3.35. The largest absolute Gasteiger partial charge is 0.480 e. The number of carbonyl (C=O) groups is 2. The molecule has 33 heavy (non-hydrogen) atoms. The Bertz CT molecular complexity index is 1170. The fraction of sp³-hybridized carbons (Fsp3) is 0.435. The maximum absolute atomic E-state index is 13.3. The quantitative estimate of drug-likeness (QED) is 0.590. The van der Waals surface area contributed by atoms with E-state index >= 15 is 0 Å². The summed E-state index contributed by atoms with van der Waals surface area (Å²) in [6.45, 7) is 5.14. The fourth-order valence-corrected chi connectivity index (χ4v) is 5.11. The van der Waals surface area contributed by atoms with Crippen LogP contribution in [0, 0.1) is 19.8 Å². The SMILES string of the molecule is COCc1nc(OC)c2c(C)c(C(=O)N3CCC(C(=O)Nc4ccc(C)cn4)CC3)sc2n1. The average Bonchev–Trinajstić information content (AvgIpc) is 3.16. The Hall–Kier alpha value is -3.11. The summed E-state index contributed by atoms with van der Waals surface area (Å²) in [6, 6.07) is 3.71. The Morgan fingerprint density at radius 2 is 1.94 bits per heavy atom. The maximum Gasteiger partial charge on any atom is 0.264 e. The number of ether oxygens (including phenoxy) is 2.